The third-order valence-corrected chi connectivity index (χ3v) is 6.46. The first-order chi connectivity index (χ1) is 14.6. The first-order valence-corrected chi connectivity index (χ1v) is 11.5. The van der Waals surface area contributed by atoms with E-state index in [0.717, 1.165) is 41.9 Å². The largest absolute Gasteiger partial charge is 0.497 e. The average molecular weight is 427 g/mol. The van der Waals surface area contributed by atoms with E-state index in [1.807, 2.05) is 61.5 Å². The van der Waals surface area contributed by atoms with Gasteiger partial charge in [0.2, 0.25) is 11.8 Å². The second kappa shape index (κ2) is 11.1. The second-order valence-electron chi connectivity index (χ2n) is 7.64. The van der Waals surface area contributed by atoms with E-state index in [0.29, 0.717) is 6.54 Å². The summed E-state index contributed by atoms with van der Waals surface area (Å²) in [6.45, 7) is 2.18. The Morgan fingerprint density at radius 3 is 2.57 bits per heavy atom. The zero-order chi connectivity index (χ0) is 21.3. The molecule has 2 aromatic carbocycles. The maximum atomic E-state index is 13.2. The molecule has 1 fully saturated rings. The van der Waals surface area contributed by atoms with Crippen molar-refractivity contribution in [3.8, 4) is 5.75 Å². The van der Waals surface area contributed by atoms with Gasteiger partial charge in [0, 0.05) is 17.5 Å². The summed E-state index contributed by atoms with van der Waals surface area (Å²) in [6, 6.07) is 17.2. The number of nitrogens with one attached hydrogen (secondary N) is 1. The Kier molecular flexibility index (Phi) is 8.20. The lowest BCUT2D eigenvalue weighted by molar-refractivity contribution is -0.138. The highest BCUT2D eigenvalue weighted by atomic mass is 32.2. The summed E-state index contributed by atoms with van der Waals surface area (Å²) >= 11 is 1.49. The zero-order valence-corrected chi connectivity index (χ0v) is 18.5. The molecule has 0 aromatic heterocycles. The molecule has 0 bridgehead atoms. The molecule has 2 aromatic rings. The molecule has 6 heteroatoms. The predicted octanol–water partition coefficient (Wildman–Crippen LogP) is 4.26. The van der Waals surface area contributed by atoms with Crippen LogP contribution in [0.15, 0.2) is 59.5 Å². The highest BCUT2D eigenvalue weighted by Gasteiger charge is 2.28. The Morgan fingerprint density at radius 2 is 1.87 bits per heavy atom. The molecule has 0 radical (unpaired) electrons. The van der Waals surface area contributed by atoms with Crippen LogP contribution in [-0.2, 0) is 16.1 Å². The van der Waals surface area contributed by atoms with Crippen LogP contribution in [-0.4, -0.2) is 41.7 Å². The van der Waals surface area contributed by atoms with Crippen molar-refractivity contribution in [2.24, 2.45) is 0 Å². The van der Waals surface area contributed by atoms with Gasteiger partial charge in [0.25, 0.3) is 0 Å². The molecule has 160 valence electrons. The van der Waals surface area contributed by atoms with E-state index in [-0.39, 0.29) is 23.6 Å². The minimum atomic E-state index is -0.541. The number of rotatable bonds is 9. The molecule has 1 saturated carbocycles. The van der Waals surface area contributed by atoms with Gasteiger partial charge in [0.1, 0.15) is 11.8 Å². The molecule has 1 atom stereocenters. The number of carbonyl (C=O) groups excluding carboxylic acids is 2. The highest BCUT2D eigenvalue weighted by Crippen LogP contribution is 2.22. The van der Waals surface area contributed by atoms with Crippen LogP contribution < -0.4 is 10.1 Å². The number of carbonyl (C=O) groups is 2. The van der Waals surface area contributed by atoms with Gasteiger partial charge in [-0.1, -0.05) is 43.2 Å². The van der Waals surface area contributed by atoms with Gasteiger partial charge < -0.3 is 15.0 Å². The summed E-state index contributed by atoms with van der Waals surface area (Å²) < 4.78 is 5.31. The Morgan fingerprint density at radius 1 is 1.13 bits per heavy atom. The normalized spacial score (nSPS) is 14.9. The van der Waals surface area contributed by atoms with Gasteiger partial charge in [-0.15, -0.1) is 11.8 Å². The fourth-order valence-electron chi connectivity index (χ4n) is 3.69. The summed E-state index contributed by atoms with van der Waals surface area (Å²) in [6.07, 6.45) is 4.34. The van der Waals surface area contributed by atoms with E-state index in [4.69, 9.17) is 4.74 Å². The van der Waals surface area contributed by atoms with Crippen LogP contribution in [0, 0.1) is 0 Å². The zero-order valence-electron chi connectivity index (χ0n) is 17.7. The number of nitrogens with zero attached hydrogens (tertiary/aromatic N) is 1. The monoisotopic (exact) mass is 426 g/mol. The van der Waals surface area contributed by atoms with Crippen molar-refractivity contribution < 1.29 is 14.3 Å². The molecule has 3 rings (SSSR count). The molecule has 2 amide bonds. The van der Waals surface area contributed by atoms with Gasteiger partial charge in [-0.2, -0.15) is 0 Å². The van der Waals surface area contributed by atoms with E-state index >= 15 is 0 Å². The van der Waals surface area contributed by atoms with Crippen LogP contribution in [0.1, 0.15) is 38.2 Å². The number of thioether (sulfide) groups is 1. The van der Waals surface area contributed by atoms with E-state index in [1.54, 1.807) is 12.0 Å². The quantitative estimate of drug-likeness (QED) is 0.609. The van der Waals surface area contributed by atoms with Crippen molar-refractivity contribution in [3.63, 3.8) is 0 Å². The van der Waals surface area contributed by atoms with Crippen molar-refractivity contribution in [2.75, 3.05) is 12.9 Å². The summed E-state index contributed by atoms with van der Waals surface area (Å²) in [5.41, 5.74) is 0.938. The van der Waals surface area contributed by atoms with Crippen LogP contribution in [0.5, 0.6) is 5.75 Å². The van der Waals surface area contributed by atoms with Crippen LogP contribution in [0.2, 0.25) is 0 Å². The van der Waals surface area contributed by atoms with Gasteiger partial charge in [-0.3, -0.25) is 9.59 Å². The Bertz CT molecular complexity index is 837. The van der Waals surface area contributed by atoms with Crippen molar-refractivity contribution in [1.29, 1.82) is 0 Å². The molecule has 1 aliphatic rings. The maximum Gasteiger partial charge on any atom is 0.242 e. The third-order valence-electron chi connectivity index (χ3n) is 5.46. The van der Waals surface area contributed by atoms with Crippen LogP contribution in [0.3, 0.4) is 0 Å². The van der Waals surface area contributed by atoms with Crippen molar-refractivity contribution in [1.82, 2.24) is 10.2 Å². The van der Waals surface area contributed by atoms with Crippen LogP contribution in [0.25, 0.3) is 0 Å². The van der Waals surface area contributed by atoms with Gasteiger partial charge in [-0.05, 0) is 49.6 Å². The van der Waals surface area contributed by atoms with Crippen LogP contribution >= 0.6 is 11.8 Å². The second-order valence-corrected chi connectivity index (χ2v) is 8.69. The maximum absolute atomic E-state index is 13.2. The van der Waals surface area contributed by atoms with Gasteiger partial charge in [0.15, 0.2) is 0 Å². The molecule has 0 saturated heterocycles. The molecule has 0 aliphatic heterocycles. The van der Waals surface area contributed by atoms with Gasteiger partial charge in [0.05, 0.1) is 12.9 Å². The molecule has 0 spiro atoms. The summed E-state index contributed by atoms with van der Waals surface area (Å²) in [5.74, 6) is 0.889. The van der Waals surface area contributed by atoms with Gasteiger partial charge >= 0.3 is 0 Å². The van der Waals surface area contributed by atoms with Crippen LogP contribution in [0.4, 0.5) is 0 Å². The molecule has 1 aliphatic carbocycles. The van der Waals surface area contributed by atoms with Crippen molar-refractivity contribution >= 4 is 23.6 Å². The summed E-state index contributed by atoms with van der Waals surface area (Å²) in [7, 11) is 1.62. The standard InChI is InChI=1S/C24H30N2O3S/c1-18(24(28)25-20-10-6-7-11-20)26(16-19-9-8-12-21(15-19)29-2)23(27)17-30-22-13-4-3-5-14-22/h3-5,8-9,12-15,18,20H,6-7,10-11,16-17H2,1-2H3,(H,25,28)/t18-/m1/s1. The lowest BCUT2D eigenvalue weighted by Gasteiger charge is -2.29. The number of hydrogen-bond acceptors (Lipinski definition) is 4. The number of benzene rings is 2. The number of hydrogen-bond donors (Lipinski definition) is 1. The lowest BCUT2D eigenvalue weighted by Crippen LogP contribution is -2.50. The fourth-order valence-corrected chi connectivity index (χ4v) is 4.49. The average Bonchev–Trinajstić information content (AvgIpc) is 3.29. The van der Waals surface area contributed by atoms with E-state index < -0.39 is 6.04 Å². The summed E-state index contributed by atoms with van der Waals surface area (Å²) in [5, 5.41) is 3.13. The first-order valence-electron chi connectivity index (χ1n) is 10.5. The Balaban J connectivity index is 1.72. The number of amides is 2. The highest BCUT2D eigenvalue weighted by molar-refractivity contribution is 8.00. The predicted molar refractivity (Wildman–Crippen MR) is 121 cm³/mol. The summed E-state index contributed by atoms with van der Waals surface area (Å²) in [4.78, 5) is 28.8. The van der Waals surface area contributed by atoms with E-state index in [2.05, 4.69) is 5.32 Å². The lowest BCUT2D eigenvalue weighted by atomic mass is 10.1. The van der Waals surface area contributed by atoms with Crippen molar-refractivity contribution in [2.45, 2.75) is 56.1 Å². The number of ether oxygens (including phenoxy) is 1. The molecular weight excluding hydrogens is 396 g/mol. The third kappa shape index (κ3) is 6.26. The van der Waals surface area contributed by atoms with Crippen molar-refractivity contribution in [3.05, 3.63) is 60.2 Å². The molecular formula is C24H30N2O3S. The molecule has 0 heterocycles. The molecule has 1 N–H and O–H groups in total. The molecule has 30 heavy (non-hydrogen) atoms. The van der Waals surface area contributed by atoms with E-state index in [1.165, 1.54) is 11.8 Å². The first kappa shape index (κ1) is 22.2. The SMILES string of the molecule is COc1cccc(CN(C(=O)CSc2ccccc2)[C@H](C)C(=O)NC2CCCC2)c1. The smallest absolute Gasteiger partial charge is 0.242 e. The molecule has 5 nitrogen and oxygen atoms in total. The molecule has 0 unspecified atom stereocenters. The Hall–Kier alpha value is -2.47. The minimum absolute atomic E-state index is 0.0549. The topological polar surface area (TPSA) is 58.6 Å². The fraction of sp³-hybridized carbons (Fsp3) is 0.417. The van der Waals surface area contributed by atoms with E-state index in [9.17, 15) is 9.59 Å². The minimum Gasteiger partial charge on any atom is -0.497 e. The number of methoxy groups -OCH3 is 1. The van der Waals surface area contributed by atoms with Gasteiger partial charge in [-0.25, -0.2) is 0 Å². The Labute approximate surface area is 183 Å².